The van der Waals surface area contributed by atoms with Crippen molar-refractivity contribution in [3.8, 4) is 0 Å². The number of aryl methyl sites for hydroxylation is 2. The van der Waals surface area contributed by atoms with Crippen LogP contribution in [0, 0.1) is 11.8 Å². The van der Waals surface area contributed by atoms with Crippen LogP contribution in [0.2, 0.25) is 0 Å². The quantitative estimate of drug-likeness (QED) is 0.829. The van der Waals surface area contributed by atoms with E-state index in [1.807, 2.05) is 4.90 Å². The fraction of sp³-hybridized carbons (Fsp3) is 0.722. The van der Waals surface area contributed by atoms with Gasteiger partial charge in [-0.2, -0.15) is 5.10 Å². The minimum Gasteiger partial charge on any atom is -0.381 e. The Hall–Kier alpha value is -1.69. The molecule has 1 aromatic heterocycles. The van der Waals surface area contributed by atoms with E-state index >= 15 is 0 Å². The molecule has 1 aromatic rings. The summed E-state index contributed by atoms with van der Waals surface area (Å²) in [5, 5.41) is 4.57. The first-order valence-corrected chi connectivity index (χ1v) is 9.17. The minimum atomic E-state index is 0.0252. The van der Waals surface area contributed by atoms with Crippen molar-refractivity contribution in [3.63, 3.8) is 0 Å². The summed E-state index contributed by atoms with van der Waals surface area (Å²) in [5.74, 6) is 0.736. The third kappa shape index (κ3) is 3.11. The van der Waals surface area contributed by atoms with E-state index < -0.39 is 0 Å². The van der Waals surface area contributed by atoms with Crippen LogP contribution in [-0.4, -0.2) is 46.9 Å². The lowest BCUT2D eigenvalue weighted by Crippen LogP contribution is -2.43. The first-order chi connectivity index (χ1) is 11.7. The second kappa shape index (κ2) is 6.67. The van der Waals surface area contributed by atoms with Gasteiger partial charge in [-0.1, -0.05) is 0 Å². The van der Waals surface area contributed by atoms with Crippen molar-refractivity contribution in [1.29, 1.82) is 0 Å². The number of carbonyl (C=O) groups is 1. The number of carbonyl (C=O) groups excluding carboxylic acids is 1. The number of aromatic nitrogens is 2. The van der Waals surface area contributed by atoms with Gasteiger partial charge in [-0.25, -0.2) is 4.68 Å². The second-order valence-electron chi connectivity index (χ2n) is 7.32. The Morgan fingerprint density at radius 2 is 2.08 bits per heavy atom. The standard InChI is InChI=1S/C18H25N3O3/c22-17-10-14-2-1-3-16(14)19-21(17)11-13-4-7-20(8-5-13)18(23)15-6-9-24-12-15/h10,13,15H,1-9,11-12H2. The highest BCUT2D eigenvalue weighted by molar-refractivity contribution is 5.79. The number of rotatable bonds is 3. The number of piperidine rings is 1. The number of hydrogen-bond acceptors (Lipinski definition) is 4. The summed E-state index contributed by atoms with van der Waals surface area (Å²) >= 11 is 0. The van der Waals surface area contributed by atoms with Gasteiger partial charge in [-0.3, -0.25) is 9.59 Å². The molecule has 1 amide bonds. The molecule has 3 heterocycles. The SMILES string of the molecule is O=C(C1CCOC1)N1CCC(Cn2nc3c(cc2=O)CCC3)CC1. The van der Waals surface area contributed by atoms with Gasteiger partial charge in [-0.15, -0.1) is 0 Å². The maximum Gasteiger partial charge on any atom is 0.267 e. The fourth-order valence-electron chi connectivity index (χ4n) is 4.14. The summed E-state index contributed by atoms with van der Waals surface area (Å²) in [6, 6.07) is 1.77. The monoisotopic (exact) mass is 331 g/mol. The lowest BCUT2D eigenvalue weighted by atomic mass is 9.95. The molecule has 2 aliphatic heterocycles. The van der Waals surface area contributed by atoms with E-state index in [0.717, 1.165) is 62.9 Å². The molecule has 6 nitrogen and oxygen atoms in total. The maximum atomic E-state index is 12.4. The summed E-state index contributed by atoms with van der Waals surface area (Å²) in [6.45, 7) is 3.55. The van der Waals surface area contributed by atoms with Gasteiger partial charge in [0.05, 0.1) is 18.2 Å². The Morgan fingerprint density at radius 1 is 1.25 bits per heavy atom. The van der Waals surface area contributed by atoms with Gasteiger partial charge in [0, 0.05) is 32.3 Å². The summed E-state index contributed by atoms with van der Waals surface area (Å²) in [5.41, 5.74) is 2.26. The topological polar surface area (TPSA) is 64.4 Å². The average molecular weight is 331 g/mol. The first kappa shape index (κ1) is 15.8. The Labute approximate surface area is 141 Å². The van der Waals surface area contributed by atoms with Crippen molar-refractivity contribution in [2.75, 3.05) is 26.3 Å². The minimum absolute atomic E-state index is 0.0252. The lowest BCUT2D eigenvalue weighted by Gasteiger charge is -2.33. The molecule has 130 valence electrons. The van der Waals surface area contributed by atoms with Crippen LogP contribution in [0.25, 0.3) is 0 Å². The molecule has 6 heteroatoms. The van der Waals surface area contributed by atoms with Crippen LogP contribution < -0.4 is 5.56 Å². The van der Waals surface area contributed by atoms with E-state index in [1.165, 1.54) is 0 Å². The molecule has 3 aliphatic rings. The molecule has 1 atom stereocenters. The Morgan fingerprint density at radius 3 is 2.83 bits per heavy atom. The van der Waals surface area contributed by atoms with Crippen LogP contribution in [-0.2, 0) is 28.9 Å². The summed E-state index contributed by atoms with van der Waals surface area (Å²) < 4.78 is 6.97. The molecule has 2 saturated heterocycles. The third-order valence-corrected chi connectivity index (χ3v) is 5.66. The zero-order chi connectivity index (χ0) is 16.5. The number of nitrogens with zero attached hydrogens (tertiary/aromatic N) is 3. The third-order valence-electron chi connectivity index (χ3n) is 5.66. The molecule has 0 radical (unpaired) electrons. The molecule has 2 fully saturated rings. The van der Waals surface area contributed by atoms with Crippen LogP contribution in [0.5, 0.6) is 0 Å². The van der Waals surface area contributed by atoms with Crippen molar-refractivity contribution in [2.45, 2.75) is 45.1 Å². The Balaban J connectivity index is 1.35. The van der Waals surface area contributed by atoms with Crippen LogP contribution in [0.15, 0.2) is 10.9 Å². The van der Waals surface area contributed by atoms with Crippen molar-refractivity contribution in [1.82, 2.24) is 14.7 Å². The molecule has 0 spiro atoms. The zero-order valence-electron chi connectivity index (χ0n) is 14.1. The Bertz CT molecular complexity index is 671. The molecule has 1 unspecified atom stereocenters. The van der Waals surface area contributed by atoms with E-state index in [0.29, 0.717) is 25.7 Å². The largest absolute Gasteiger partial charge is 0.381 e. The molecule has 0 bridgehead atoms. The summed E-state index contributed by atoms with van der Waals surface area (Å²) in [7, 11) is 0. The van der Waals surface area contributed by atoms with Gasteiger partial charge in [0.25, 0.3) is 5.56 Å². The Kier molecular flexibility index (Phi) is 4.39. The highest BCUT2D eigenvalue weighted by atomic mass is 16.5. The highest BCUT2D eigenvalue weighted by Crippen LogP contribution is 2.23. The fourth-order valence-corrected chi connectivity index (χ4v) is 4.14. The van der Waals surface area contributed by atoms with E-state index in [4.69, 9.17) is 4.74 Å². The summed E-state index contributed by atoms with van der Waals surface area (Å²) in [6.07, 6.45) is 5.84. The van der Waals surface area contributed by atoms with Gasteiger partial charge in [0.2, 0.25) is 5.91 Å². The van der Waals surface area contributed by atoms with Crippen molar-refractivity contribution in [3.05, 3.63) is 27.7 Å². The van der Waals surface area contributed by atoms with E-state index in [2.05, 4.69) is 5.10 Å². The van der Waals surface area contributed by atoms with E-state index in [9.17, 15) is 9.59 Å². The molecular weight excluding hydrogens is 306 g/mol. The number of ether oxygens (including phenoxy) is 1. The van der Waals surface area contributed by atoms with Gasteiger partial charge in [0.15, 0.2) is 0 Å². The van der Waals surface area contributed by atoms with Crippen molar-refractivity contribution >= 4 is 5.91 Å². The summed E-state index contributed by atoms with van der Waals surface area (Å²) in [4.78, 5) is 26.6. The van der Waals surface area contributed by atoms with E-state index in [1.54, 1.807) is 10.7 Å². The molecule has 24 heavy (non-hydrogen) atoms. The number of amides is 1. The molecule has 0 aromatic carbocycles. The predicted octanol–water partition coefficient (Wildman–Crippen LogP) is 1.01. The van der Waals surface area contributed by atoms with Crippen LogP contribution in [0.3, 0.4) is 0 Å². The number of fused-ring (bicyclic) bond motifs is 1. The lowest BCUT2D eigenvalue weighted by molar-refractivity contribution is -0.137. The number of likely N-dealkylation sites (tertiary alicyclic amines) is 1. The molecule has 4 rings (SSSR count). The van der Waals surface area contributed by atoms with Crippen LogP contribution in [0.4, 0.5) is 0 Å². The predicted molar refractivity (Wildman–Crippen MR) is 88.8 cm³/mol. The van der Waals surface area contributed by atoms with Gasteiger partial charge < -0.3 is 9.64 Å². The maximum absolute atomic E-state index is 12.4. The molecule has 0 saturated carbocycles. The van der Waals surface area contributed by atoms with Crippen LogP contribution >= 0.6 is 0 Å². The van der Waals surface area contributed by atoms with Gasteiger partial charge in [0.1, 0.15) is 0 Å². The average Bonchev–Trinajstić information content (AvgIpc) is 3.26. The first-order valence-electron chi connectivity index (χ1n) is 9.17. The molecule has 1 aliphatic carbocycles. The van der Waals surface area contributed by atoms with Gasteiger partial charge in [-0.05, 0) is 50.0 Å². The van der Waals surface area contributed by atoms with E-state index in [-0.39, 0.29) is 17.4 Å². The normalized spacial score (nSPS) is 24.3. The van der Waals surface area contributed by atoms with Crippen LogP contribution in [0.1, 0.15) is 36.9 Å². The number of hydrogen-bond donors (Lipinski definition) is 0. The smallest absolute Gasteiger partial charge is 0.267 e. The van der Waals surface area contributed by atoms with Crippen molar-refractivity contribution < 1.29 is 9.53 Å². The second-order valence-corrected chi connectivity index (χ2v) is 7.32. The highest BCUT2D eigenvalue weighted by Gasteiger charge is 2.31. The molecule has 0 N–H and O–H groups in total. The van der Waals surface area contributed by atoms with Crippen molar-refractivity contribution in [2.24, 2.45) is 11.8 Å². The zero-order valence-corrected chi connectivity index (χ0v) is 14.1. The molecular formula is C18H25N3O3. The van der Waals surface area contributed by atoms with Gasteiger partial charge >= 0.3 is 0 Å².